The Morgan fingerprint density at radius 1 is 1.64 bits per heavy atom. The minimum absolute atomic E-state index is 0.0659. The average molecular weight is 223 g/mol. The van der Waals surface area contributed by atoms with Crippen LogP contribution in [0.1, 0.15) is 5.56 Å². The summed E-state index contributed by atoms with van der Waals surface area (Å²) in [5, 5.41) is 15.7. The van der Waals surface area contributed by atoms with Crippen LogP contribution in [0.15, 0.2) is 6.20 Å². The fourth-order valence-corrected chi connectivity index (χ4v) is 1.34. The molecule has 1 aromatic heterocycles. The summed E-state index contributed by atoms with van der Waals surface area (Å²) in [6, 6.07) is 0. The normalized spacial score (nSPS) is 11.5. The molecule has 1 N–H and O–H groups in total. The van der Waals surface area contributed by atoms with E-state index >= 15 is 0 Å². The molecule has 0 aliphatic rings. The Morgan fingerprint density at radius 3 is 2.79 bits per heavy atom. The Morgan fingerprint density at radius 2 is 2.29 bits per heavy atom. The number of H-pyrrole nitrogens is 1. The van der Waals surface area contributed by atoms with Crippen LogP contribution in [0.5, 0.6) is 0 Å². The van der Waals surface area contributed by atoms with Gasteiger partial charge in [-0.3, -0.25) is 0 Å². The fraction of sp³-hybridized carbons (Fsp3) is 0.400. The third-order valence-electron chi connectivity index (χ3n) is 1.49. The van der Waals surface area contributed by atoms with Crippen LogP contribution < -0.4 is 0 Å². The van der Waals surface area contributed by atoms with Crippen molar-refractivity contribution >= 4 is 16.0 Å². The van der Waals surface area contributed by atoms with Gasteiger partial charge in [-0.2, -0.15) is 8.42 Å². The predicted molar refractivity (Wildman–Crippen MR) is 43.8 cm³/mol. The van der Waals surface area contributed by atoms with Crippen molar-refractivity contribution in [2.24, 2.45) is 0 Å². The van der Waals surface area contributed by atoms with Gasteiger partial charge >= 0.3 is 16.0 Å². The molecule has 0 spiro atoms. The molecule has 0 saturated carbocycles. The van der Waals surface area contributed by atoms with E-state index in [1.807, 2.05) is 0 Å². The van der Waals surface area contributed by atoms with Gasteiger partial charge in [0.15, 0.2) is 0 Å². The number of hydrogen-bond acceptors (Lipinski definition) is 5. The fourth-order valence-electron chi connectivity index (χ4n) is 0.877. The highest BCUT2D eigenvalue weighted by molar-refractivity contribution is 7.86. The molecule has 0 aliphatic carbocycles. The first-order valence-electron chi connectivity index (χ1n) is 3.49. The summed E-state index contributed by atoms with van der Waals surface area (Å²) < 4.78 is 32.4. The summed E-state index contributed by atoms with van der Waals surface area (Å²) in [4.78, 5) is 9.56. The Bertz CT molecular complexity index is 440. The van der Waals surface area contributed by atoms with Crippen LogP contribution in [0, 0.1) is 10.1 Å². The molecule has 1 heterocycles. The maximum atomic E-state index is 12.1. The smallest absolute Gasteiger partial charge is 0.345 e. The van der Waals surface area contributed by atoms with Gasteiger partial charge in [-0.25, -0.2) is 0 Å². The standard InChI is InChI=1S/C5H6FN3O4S/c6-14(12,13)2-1-4-3-7-8-5(4)9(10)11/h3H,1-2H2,(H,7,8). The van der Waals surface area contributed by atoms with E-state index in [4.69, 9.17) is 0 Å². The van der Waals surface area contributed by atoms with Crippen molar-refractivity contribution < 1.29 is 17.2 Å². The second-order valence-corrected chi connectivity index (χ2v) is 3.98. The van der Waals surface area contributed by atoms with Crippen molar-refractivity contribution in [3.05, 3.63) is 21.9 Å². The number of nitrogens with one attached hydrogen (secondary N) is 1. The van der Waals surface area contributed by atoms with Crippen molar-refractivity contribution in [1.82, 2.24) is 10.2 Å². The molecule has 0 amide bonds. The Labute approximate surface area is 78.3 Å². The van der Waals surface area contributed by atoms with Gasteiger partial charge in [-0.1, -0.05) is 5.10 Å². The Hall–Kier alpha value is -1.51. The largest absolute Gasteiger partial charge is 0.358 e. The lowest BCUT2D eigenvalue weighted by atomic mass is 10.2. The Balaban J connectivity index is 2.77. The van der Waals surface area contributed by atoms with Crippen molar-refractivity contribution in [2.45, 2.75) is 6.42 Å². The molecule has 0 fully saturated rings. The van der Waals surface area contributed by atoms with Crippen LogP contribution in [0.4, 0.5) is 9.70 Å². The number of nitrogens with zero attached hydrogens (tertiary/aromatic N) is 2. The van der Waals surface area contributed by atoms with Crippen molar-refractivity contribution in [1.29, 1.82) is 0 Å². The first kappa shape index (κ1) is 10.6. The van der Waals surface area contributed by atoms with Crippen LogP contribution in [0.3, 0.4) is 0 Å². The highest BCUT2D eigenvalue weighted by Crippen LogP contribution is 2.14. The highest BCUT2D eigenvalue weighted by atomic mass is 32.3. The molecular formula is C5H6FN3O4S. The van der Waals surface area contributed by atoms with Crippen LogP contribution in [-0.2, 0) is 16.6 Å². The van der Waals surface area contributed by atoms with Gasteiger partial charge in [-0.05, 0) is 11.3 Å². The zero-order chi connectivity index (χ0) is 10.8. The van der Waals surface area contributed by atoms with Gasteiger partial charge in [0.1, 0.15) is 0 Å². The minimum atomic E-state index is -4.61. The summed E-state index contributed by atoms with van der Waals surface area (Å²) in [5.74, 6) is -1.19. The molecule has 0 aliphatic heterocycles. The maximum Gasteiger partial charge on any atom is 0.345 e. The highest BCUT2D eigenvalue weighted by Gasteiger charge is 2.17. The summed E-state index contributed by atoms with van der Waals surface area (Å²) in [7, 11) is -4.61. The van der Waals surface area contributed by atoms with Crippen LogP contribution in [0.2, 0.25) is 0 Å². The molecular weight excluding hydrogens is 217 g/mol. The summed E-state index contributed by atoms with van der Waals surface area (Å²) in [6.07, 6.45) is 0.828. The van der Waals surface area contributed by atoms with E-state index in [1.165, 1.54) is 0 Å². The number of rotatable bonds is 4. The average Bonchev–Trinajstić information content (AvgIpc) is 2.46. The van der Waals surface area contributed by atoms with Gasteiger partial charge in [0.2, 0.25) is 0 Å². The predicted octanol–water partition coefficient (Wildman–Crippen LogP) is 0.160. The van der Waals surface area contributed by atoms with Gasteiger partial charge in [0.05, 0.1) is 17.5 Å². The zero-order valence-electron chi connectivity index (χ0n) is 6.81. The van der Waals surface area contributed by atoms with Gasteiger partial charge in [0.25, 0.3) is 0 Å². The van der Waals surface area contributed by atoms with E-state index in [1.54, 1.807) is 0 Å². The lowest BCUT2D eigenvalue weighted by Gasteiger charge is -1.94. The molecule has 0 unspecified atom stereocenters. The van der Waals surface area contributed by atoms with E-state index in [0.29, 0.717) is 0 Å². The van der Waals surface area contributed by atoms with Crippen LogP contribution in [0.25, 0.3) is 0 Å². The van der Waals surface area contributed by atoms with E-state index < -0.39 is 26.7 Å². The van der Waals surface area contributed by atoms with Crippen molar-refractivity contribution in [3.63, 3.8) is 0 Å². The second-order valence-electron chi connectivity index (χ2n) is 2.49. The summed E-state index contributed by atoms with van der Waals surface area (Å²) >= 11 is 0. The monoisotopic (exact) mass is 223 g/mol. The minimum Gasteiger partial charge on any atom is -0.358 e. The molecule has 1 aromatic rings. The first-order chi connectivity index (χ1) is 6.40. The number of aromatic nitrogens is 2. The molecule has 14 heavy (non-hydrogen) atoms. The van der Waals surface area contributed by atoms with E-state index in [0.717, 1.165) is 6.20 Å². The molecule has 0 bridgehead atoms. The molecule has 1 rings (SSSR count). The lowest BCUT2D eigenvalue weighted by molar-refractivity contribution is -0.390. The molecule has 0 saturated heterocycles. The third kappa shape index (κ3) is 2.76. The SMILES string of the molecule is O=[N+]([O-])c1[nH]ncc1CCS(=O)(=O)F. The van der Waals surface area contributed by atoms with Crippen LogP contribution >= 0.6 is 0 Å². The first-order valence-corrected chi connectivity index (χ1v) is 5.04. The second kappa shape index (κ2) is 3.70. The summed E-state index contributed by atoms with van der Waals surface area (Å²) in [6.45, 7) is 0. The van der Waals surface area contributed by atoms with E-state index in [2.05, 4.69) is 10.2 Å². The number of halogens is 1. The Kier molecular flexibility index (Phi) is 2.79. The van der Waals surface area contributed by atoms with E-state index in [9.17, 15) is 22.4 Å². The zero-order valence-corrected chi connectivity index (χ0v) is 7.62. The molecule has 0 aromatic carbocycles. The molecule has 78 valence electrons. The molecule has 0 atom stereocenters. The van der Waals surface area contributed by atoms with Gasteiger partial charge in [-0.15, -0.1) is 8.98 Å². The number of aromatic amines is 1. The lowest BCUT2D eigenvalue weighted by Crippen LogP contribution is -2.03. The van der Waals surface area contributed by atoms with E-state index in [-0.39, 0.29) is 12.0 Å². The topological polar surface area (TPSA) is 106 Å². The number of nitro groups is 1. The molecule has 0 radical (unpaired) electrons. The number of hydrogen-bond donors (Lipinski definition) is 1. The maximum absolute atomic E-state index is 12.1. The summed E-state index contributed by atoms with van der Waals surface area (Å²) in [5.41, 5.74) is 0.0659. The van der Waals surface area contributed by atoms with Gasteiger partial charge in [0, 0.05) is 0 Å². The number of aryl methyl sites for hydroxylation is 1. The van der Waals surface area contributed by atoms with Gasteiger partial charge < -0.3 is 10.1 Å². The third-order valence-corrected chi connectivity index (χ3v) is 2.18. The van der Waals surface area contributed by atoms with Crippen molar-refractivity contribution in [2.75, 3.05) is 5.75 Å². The molecule has 9 heteroatoms. The van der Waals surface area contributed by atoms with Crippen LogP contribution in [-0.4, -0.2) is 29.3 Å². The quantitative estimate of drug-likeness (QED) is 0.444. The molecule has 7 nitrogen and oxygen atoms in total. The van der Waals surface area contributed by atoms with Crippen molar-refractivity contribution in [3.8, 4) is 0 Å².